The number of fused-ring (bicyclic) bond motifs is 1. The van der Waals surface area contributed by atoms with Crippen LogP contribution in [-0.2, 0) is 11.2 Å². The van der Waals surface area contributed by atoms with Crippen LogP contribution in [0.2, 0.25) is 0 Å². The van der Waals surface area contributed by atoms with E-state index in [4.69, 9.17) is 0 Å². The molecule has 0 aliphatic carbocycles. The van der Waals surface area contributed by atoms with Gasteiger partial charge >= 0.3 is 0 Å². The summed E-state index contributed by atoms with van der Waals surface area (Å²) in [6, 6.07) is 13.0. The Labute approximate surface area is 144 Å². The molecule has 2 heterocycles. The molecular weight excluding hydrogens is 298 g/mol. The normalized spacial score (nSPS) is 21.4. The van der Waals surface area contributed by atoms with Crippen molar-refractivity contribution in [3.05, 3.63) is 48.2 Å². The highest BCUT2D eigenvalue weighted by Crippen LogP contribution is 2.32. The maximum atomic E-state index is 12.9. The molecule has 0 radical (unpaired) electrons. The standard InChI is InChI=1S/C20H27N3O/c1-15(9-10-18-7-5-4-6-8-18)13-20(24)22-16(2)14-17(3)23-19(22)11-12-21-23/h4-8,11-12,15-17H,9-10,13-14H2,1-3H3/t15-,16-,17+/m1/s1. The van der Waals surface area contributed by atoms with E-state index >= 15 is 0 Å². The van der Waals surface area contributed by atoms with E-state index in [1.54, 1.807) is 6.20 Å². The van der Waals surface area contributed by atoms with Crippen LogP contribution in [0.4, 0.5) is 5.82 Å². The lowest BCUT2D eigenvalue weighted by Crippen LogP contribution is -2.45. The first-order chi connectivity index (χ1) is 11.6. The molecular formula is C20H27N3O. The molecule has 0 saturated carbocycles. The summed E-state index contributed by atoms with van der Waals surface area (Å²) in [7, 11) is 0. The van der Waals surface area contributed by atoms with Crippen LogP contribution in [0, 0.1) is 5.92 Å². The fraction of sp³-hybridized carbons (Fsp3) is 0.500. The second-order valence-electron chi connectivity index (χ2n) is 7.17. The molecule has 1 aliphatic heterocycles. The summed E-state index contributed by atoms with van der Waals surface area (Å²) in [6.07, 6.45) is 5.41. The molecule has 0 N–H and O–H groups in total. The minimum atomic E-state index is 0.219. The van der Waals surface area contributed by atoms with Crippen molar-refractivity contribution >= 4 is 11.7 Å². The third kappa shape index (κ3) is 3.53. The van der Waals surface area contributed by atoms with Crippen LogP contribution in [0.5, 0.6) is 0 Å². The number of aryl methyl sites for hydroxylation is 1. The number of nitrogens with zero attached hydrogens (tertiary/aromatic N) is 3. The third-order valence-electron chi connectivity index (χ3n) is 5.00. The van der Waals surface area contributed by atoms with Gasteiger partial charge in [0.15, 0.2) is 0 Å². The first kappa shape index (κ1) is 16.7. The largest absolute Gasteiger partial charge is 0.294 e. The van der Waals surface area contributed by atoms with Gasteiger partial charge in [0.2, 0.25) is 5.91 Å². The lowest BCUT2D eigenvalue weighted by Gasteiger charge is -2.37. The summed E-state index contributed by atoms with van der Waals surface area (Å²) < 4.78 is 1.98. The summed E-state index contributed by atoms with van der Waals surface area (Å²) in [4.78, 5) is 14.8. The molecule has 1 aliphatic rings. The molecule has 1 aromatic carbocycles. The lowest BCUT2D eigenvalue weighted by molar-refractivity contribution is -0.120. The second-order valence-corrected chi connectivity index (χ2v) is 7.17. The quantitative estimate of drug-likeness (QED) is 0.825. The molecule has 4 heteroatoms. The monoisotopic (exact) mass is 325 g/mol. The number of rotatable bonds is 5. The molecule has 0 saturated heterocycles. The van der Waals surface area contributed by atoms with Crippen LogP contribution in [0.25, 0.3) is 0 Å². The Bertz CT molecular complexity index is 679. The first-order valence-electron chi connectivity index (χ1n) is 8.95. The van der Waals surface area contributed by atoms with Gasteiger partial charge in [-0.05, 0) is 44.6 Å². The van der Waals surface area contributed by atoms with Crippen molar-refractivity contribution in [1.82, 2.24) is 9.78 Å². The minimum absolute atomic E-state index is 0.219. The topological polar surface area (TPSA) is 38.1 Å². The van der Waals surface area contributed by atoms with Crippen LogP contribution < -0.4 is 4.90 Å². The zero-order valence-electron chi connectivity index (χ0n) is 14.9. The SMILES string of the molecule is C[C@H](CCc1ccccc1)CC(=O)N1c2ccnn2[C@@H](C)C[C@H]1C. The highest BCUT2D eigenvalue weighted by molar-refractivity contribution is 5.93. The van der Waals surface area contributed by atoms with E-state index in [9.17, 15) is 4.79 Å². The van der Waals surface area contributed by atoms with Gasteiger partial charge in [-0.1, -0.05) is 37.3 Å². The summed E-state index contributed by atoms with van der Waals surface area (Å²) in [5.74, 6) is 1.54. The molecule has 2 aromatic rings. The molecule has 0 unspecified atom stereocenters. The summed E-state index contributed by atoms with van der Waals surface area (Å²) in [5, 5.41) is 4.38. The van der Waals surface area contributed by atoms with E-state index < -0.39 is 0 Å². The van der Waals surface area contributed by atoms with E-state index in [0.717, 1.165) is 25.1 Å². The Morgan fingerprint density at radius 1 is 1.21 bits per heavy atom. The molecule has 128 valence electrons. The van der Waals surface area contributed by atoms with Crippen molar-refractivity contribution in [1.29, 1.82) is 0 Å². The Morgan fingerprint density at radius 2 is 1.96 bits per heavy atom. The molecule has 24 heavy (non-hydrogen) atoms. The fourth-order valence-electron chi connectivity index (χ4n) is 3.69. The van der Waals surface area contributed by atoms with E-state index in [2.05, 4.69) is 50.1 Å². The van der Waals surface area contributed by atoms with Gasteiger partial charge in [-0.25, -0.2) is 4.68 Å². The van der Waals surface area contributed by atoms with Gasteiger partial charge in [0.1, 0.15) is 5.82 Å². The first-order valence-corrected chi connectivity index (χ1v) is 8.95. The van der Waals surface area contributed by atoms with Gasteiger partial charge < -0.3 is 0 Å². The molecule has 0 fully saturated rings. The van der Waals surface area contributed by atoms with Crippen LogP contribution in [-0.4, -0.2) is 21.7 Å². The number of anilines is 1. The van der Waals surface area contributed by atoms with Gasteiger partial charge in [0.05, 0.1) is 12.2 Å². The van der Waals surface area contributed by atoms with Crippen LogP contribution in [0.15, 0.2) is 42.6 Å². The average molecular weight is 325 g/mol. The second kappa shape index (κ2) is 7.20. The maximum Gasteiger partial charge on any atom is 0.228 e. The van der Waals surface area contributed by atoms with E-state index in [-0.39, 0.29) is 11.9 Å². The Balaban J connectivity index is 1.61. The minimum Gasteiger partial charge on any atom is -0.294 e. The zero-order chi connectivity index (χ0) is 17.1. The van der Waals surface area contributed by atoms with Crippen molar-refractivity contribution in [2.75, 3.05) is 4.90 Å². The van der Waals surface area contributed by atoms with Gasteiger partial charge in [0, 0.05) is 18.5 Å². The predicted octanol–water partition coefficient (Wildman–Crippen LogP) is 4.23. The number of hydrogen-bond donors (Lipinski definition) is 0. The number of amides is 1. The van der Waals surface area contributed by atoms with Crippen molar-refractivity contribution in [3.8, 4) is 0 Å². The van der Waals surface area contributed by atoms with Crippen molar-refractivity contribution in [3.63, 3.8) is 0 Å². The maximum absolute atomic E-state index is 12.9. The van der Waals surface area contributed by atoms with Crippen molar-refractivity contribution < 1.29 is 4.79 Å². The third-order valence-corrected chi connectivity index (χ3v) is 5.00. The van der Waals surface area contributed by atoms with Gasteiger partial charge in [0.25, 0.3) is 0 Å². The summed E-state index contributed by atoms with van der Waals surface area (Å²) in [6.45, 7) is 6.48. The fourth-order valence-corrected chi connectivity index (χ4v) is 3.69. The molecule has 4 nitrogen and oxygen atoms in total. The van der Waals surface area contributed by atoms with Gasteiger partial charge in [-0.3, -0.25) is 9.69 Å². The molecule has 3 atom stereocenters. The van der Waals surface area contributed by atoms with Crippen molar-refractivity contribution in [2.45, 2.75) is 58.5 Å². The molecule has 1 aromatic heterocycles. The van der Waals surface area contributed by atoms with Gasteiger partial charge in [-0.2, -0.15) is 5.10 Å². The number of carbonyl (C=O) groups excluding carboxylic acids is 1. The highest BCUT2D eigenvalue weighted by atomic mass is 16.2. The van der Waals surface area contributed by atoms with Crippen LogP contribution in [0.3, 0.4) is 0 Å². The molecule has 0 spiro atoms. The molecule has 1 amide bonds. The van der Waals surface area contributed by atoms with Gasteiger partial charge in [-0.15, -0.1) is 0 Å². The Morgan fingerprint density at radius 3 is 2.71 bits per heavy atom. The predicted molar refractivity (Wildman–Crippen MR) is 97.0 cm³/mol. The smallest absolute Gasteiger partial charge is 0.228 e. The number of hydrogen-bond acceptors (Lipinski definition) is 2. The number of carbonyl (C=O) groups is 1. The zero-order valence-corrected chi connectivity index (χ0v) is 14.9. The Hall–Kier alpha value is -2.10. The van der Waals surface area contributed by atoms with E-state index in [0.29, 0.717) is 18.4 Å². The lowest BCUT2D eigenvalue weighted by atomic mass is 9.96. The molecule has 0 bridgehead atoms. The van der Waals surface area contributed by atoms with E-state index in [1.165, 1.54) is 5.56 Å². The average Bonchev–Trinajstić information content (AvgIpc) is 3.03. The summed E-state index contributed by atoms with van der Waals surface area (Å²) >= 11 is 0. The Kier molecular flexibility index (Phi) is 5.03. The molecule has 3 rings (SSSR count). The highest BCUT2D eigenvalue weighted by Gasteiger charge is 2.32. The van der Waals surface area contributed by atoms with E-state index in [1.807, 2.05) is 21.7 Å². The van der Waals surface area contributed by atoms with Crippen molar-refractivity contribution in [2.24, 2.45) is 5.92 Å². The summed E-state index contributed by atoms with van der Waals surface area (Å²) in [5.41, 5.74) is 1.34. The number of aromatic nitrogens is 2. The van der Waals surface area contributed by atoms with Crippen LogP contribution in [0.1, 0.15) is 51.6 Å². The number of benzene rings is 1. The van der Waals surface area contributed by atoms with Crippen LogP contribution >= 0.6 is 0 Å².